The summed E-state index contributed by atoms with van der Waals surface area (Å²) in [7, 11) is 2.14. The number of halogens is 2. The molecule has 0 saturated carbocycles. The van der Waals surface area contributed by atoms with Gasteiger partial charge in [0.15, 0.2) is 11.0 Å². The first kappa shape index (κ1) is 13.8. The lowest BCUT2D eigenvalue weighted by atomic mass is 10.2. The van der Waals surface area contributed by atoms with Crippen molar-refractivity contribution in [1.82, 2.24) is 20.1 Å². The standard InChI is InChI=1S/C11H17Cl2N5/c1-3-8-7-17(2)5-4-6-18(8)10-9(12)15-16-11(13)14-10/h8H,3-7H2,1-2H3. The van der Waals surface area contributed by atoms with E-state index in [-0.39, 0.29) is 5.28 Å². The van der Waals surface area contributed by atoms with Gasteiger partial charge in [-0.1, -0.05) is 18.5 Å². The van der Waals surface area contributed by atoms with Crippen LogP contribution in [0.25, 0.3) is 0 Å². The van der Waals surface area contributed by atoms with Crippen LogP contribution >= 0.6 is 23.2 Å². The number of hydrogen-bond donors (Lipinski definition) is 0. The van der Waals surface area contributed by atoms with Gasteiger partial charge >= 0.3 is 0 Å². The Hall–Kier alpha value is -0.650. The van der Waals surface area contributed by atoms with Crippen LogP contribution in [-0.2, 0) is 0 Å². The summed E-state index contributed by atoms with van der Waals surface area (Å²) in [5.41, 5.74) is 0. The lowest BCUT2D eigenvalue weighted by Gasteiger charge is -2.31. The van der Waals surface area contributed by atoms with Crippen molar-refractivity contribution in [2.24, 2.45) is 0 Å². The predicted octanol–water partition coefficient (Wildman–Crippen LogP) is 2.10. The second kappa shape index (κ2) is 5.99. The molecule has 1 atom stereocenters. The highest BCUT2D eigenvalue weighted by molar-refractivity contribution is 6.32. The molecule has 2 rings (SSSR count). The molecule has 1 aliphatic rings. The van der Waals surface area contributed by atoms with Crippen molar-refractivity contribution < 1.29 is 0 Å². The number of nitrogens with zero attached hydrogens (tertiary/aromatic N) is 5. The quantitative estimate of drug-likeness (QED) is 0.834. The Labute approximate surface area is 117 Å². The smallest absolute Gasteiger partial charge is 0.245 e. The fourth-order valence-electron chi connectivity index (χ4n) is 2.34. The SMILES string of the molecule is CCC1CN(C)CCCN1c1nc(Cl)nnc1Cl. The normalized spacial score (nSPS) is 22.0. The third-order valence-electron chi connectivity index (χ3n) is 3.25. The molecule has 0 N–H and O–H groups in total. The summed E-state index contributed by atoms with van der Waals surface area (Å²) in [5, 5.41) is 7.96. The fourth-order valence-corrected chi connectivity index (χ4v) is 2.65. The van der Waals surface area contributed by atoms with Crippen molar-refractivity contribution in [3.8, 4) is 0 Å². The zero-order valence-electron chi connectivity index (χ0n) is 10.6. The number of hydrogen-bond acceptors (Lipinski definition) is 5. The molecule has 5 nitrogen and oxygen atoms in total. The second-order valence-corrected chi connectivity index (χ2v) is 5.26. The Kier molecular flexibility index (Phi) is 4.59. The Balaban J connectivity index is 2.31. The monoisotopic (exact) mass is 289 g/mol. The Morgan fingerprint density at radius 2 is 2.06 bits per heavy atom. The van der Waals surface area contributed by atoms with Crippen LogP contribution in [0.2, 0.25) is 10.4 Å². The van der Waals surface area contributed by atoms with Crippen LogP contribution < -0.4 is 4.90 Å². The third kappa shape index (κ3) is 3.02. The van der Waals surface area contributed by atoms with E-state index in [4.69, 9.17) is 23.2 Å². The van der Waals surface area contributed by atoms with Crippen molar-refractivity contribution in [3.05, 3.63) is 10.4 Å². The van der Waals surface area contributed by atoms with Crippen LogP contribution in [0.1, 0.15) is 19.8 Å². The molecule has 2 heterocycles. The van der Waals surface area contributed by atoms with Gasteiger partial charge < -0.3 is 9.80 Å². The van der Waals surface area contributed by atoms with Crippen molar-refractivity contribution in [1.29, 1.82) is 0 Å². The minimum atomic E-state index is 0.141. The van der Waals surface area contributed by atoms with Gasteiger partial charge in [-0.15, -0.1) is 10.2 Å². The summed E-state index contributed by atoms with van der Waals surface area (Å²) in [5.74, 6) is 0.652. The number of anilines is 1. The van der Waals surface area contributed by atoms with Crippen molar-refractivity contribution in [3.63, 3.8) is 0 Å². The number of likely N-dealkylation sites (N-methyl/N-ethyl adjacent to an activating group) is 1. The van der Waals surface area contributed by atoms with E-state index in [1.807, 2.05) is 0 Å². The van der Waals surface area contributed by atoms with Crippen molar-refractivity contribution in [2.45, 2.75) is 25.8 Å². The zero-order chi connectivity index (χ0) is 13.1. The minimum Gasteiger partial charge on any atom is -0.350 e. The second-order valence-electron chi connectivity index (χ2n) is 4.57. The van der Waals surface area contributed by atoms with Gasteiger partial charge in [-0.25, -0.2) is 0 Å². The van der Waals surface area contributed by atoms with E-state index >= 15 is 0 Å². The first-order valence-corrected chi connectivity index (χ1v) is 6.88. The Morgan fingerprint density at radius 3 is 2.78 bits per heavy atom. The first-order chi connectivity index (χ1) is 8.61. The molecule has 0 radical (unpaired) electrons. The highest BCUT2D eigenvalue weighted by atomic mass is 35.5. The average Bonchev–Trinajstić information content (AvgIpc) is 2.53. The van der Waals surface area contributed by atoms with Crippen LogP contribution in [0.5, 0.6) is 0 Å². The maximum Gasteiger partial charge on any atom is 0.245 e. The molecular weight excluding hydrogens is 273 g/mol. The topological polar surface area (TPSA) is 45.2 Å². The van der Waals surface area contributed by atoms with Crippen LogP contribution in [0.3, 0.4) is 0 Å². The van der Waals surface area contributed by atoms with E-state index in [2.05, 4.69) is 39.0 Å². The van der Waals surface area contributed by atoms with Gasteiger partial charge in [0.1, 0.15) is 0 Å². The predicted molar refractivity (Wildman–Crippen MR) is 73.4 cm³/mol. The van der Waals surface area contributed by atoms with Crippen LogP contribution in [0.4, 0.5) is 5.82 Å². The highest BCUT2D eigenvalue weighted by Crippen LogP contribution is 2.26. The molecule has 0 spiro atoms. The van der Waals surface area contributed by atoms with Gasteiger partial charge in [0, 0.05) is 19.1 Å². The fraction of sp³-hybridized carbons (Fsp3) is 0.727. The minimum absolute atomic E-state index is 0.141. The molecule has 1 unspecified atom stereocenters. The Morgan fingerprint density at radius 1 is 1.28 bits per heavy atom. The van der Waals surface area contributed by atoms with Crippen LogP contribution in [-0.4, -0.2) is 52.8 Å². The lowest BCUT2D eigenvalue weighted by Crippen LogP contribution is -2.40. The molecule has 0 aliphatic carbocycles. The molecule has 7 heteroatoms. The zero-order valence-corrected chi connectivity index (χ0v) is 12.1. The van der Waals surface area contributed by atoms with Gasteiger partial charge in [-0.05, 0) is 38.0 Å². The molecule has 100 valence electrons. The molecule has 1 fully saturated rings. The molecule has 1 saturated heterocycles. The van der Waals surface area contributed by atoms with E-state index < -0.39 is 0 Å². The van der Waals surface area contributed by atoms with E-state index in [0.29, 0.717) is 17.0 Å². The maximum atomic E-state index is 6.09. The lowest BCUT2D eigenvalue weighted by molar-refractivity contribution is 0.327. The van der Waals surface area contributed by atoms with Crippen LogP contribution in [0, 0.1) is 0 Å². The molecule has 18 heavy (non-hydrogen) atoms. The van der Waals surface area contributed by atoms with Gasteiger partial charge in [0.05, 0.1) is 0 Å². The van der Waals surface area contributed by atoms with Gasteiger partial charge in [-0.2, -0.15) is 4.98 Å². The summed E-state index contributed by atoms with van der Waals surface area (Å²) in [6, 6.07) is 0.378. The molecule has 1 aromatic heterocycles. The summed E-state index contributed by atoms with van der Waals surface area (Å²) in [6.45, 7) is 5.16. The Bertz CT molecular complexity index is 414. The molecular formula is C11H17Cl2N5. The molecule has 0 bridgehead atoms. The third-order valence-corrected chi connectivity index (χ3v) is 3.65. The van der Waals surface area contributed by atoms with E-state index in [1.54, 1.807) is 0 Å². The number of aromatic nitrogens is 3. The van der Waals surface area contributed by atoms with Gasteiger partial charge in [0.25, 0.3) is 0 Å². The van der Waals surface area contributed by atoms with Crippen molar-refractivity contribution in [2.75, 3.05) is 31.6 Å². The van der Waals surface area contributed by atoms with Crippen LogP contribution in [0.15, 0.2) is 0 Å². The van der Waals surface area contributed by atoms with Crippen molar-refractivity contribution >= 4 is 29.0 Å². The summed E-state index contributed by atoms with van der Waals surface area (Å²) in [4.78, 5) is 8.76. The highest BCUT2D eigenvalue weighted by Gasteiger charge is 2.25. The summed E-state index contributed by atoms with van der Waals surface area (Å²) >= 11 is 11.9. The first-order valence-electron chi connectivity index (χ1n) is 6.12. The summed E-state index contributed by atoms with van der Waals surface area (Å²) < 4.78 is 0. The van der Waals surface area contributed by atoms with E-state index in [0.717, 1.165) is 32.5 Å². The largest absolute Gasteiger partial charge is 0.350 e. The molecule has 0 aromatic carbocycles. The van der Waals surface area contributed by atoms with E-state index in [9.17, 15) is 0 Å². The maximum absolute atomic E-state index is 6.09. The molecule has 0 amide bonds. The molecule has 1 aromatic rings. The van der Waals surface area contributed by atoms with Gasteiger partial charge in [0.2, 0.25) is 5.28 Å². The summed E-state index contributed by atoms with van der Waals surface area (Å²) in [6.07, 6.45) is 2.10. The number of rotatable bonds is 2. The average molecular weight is 290 g/mol. The van der Waals surface area contributed by atoms with Gasteiger partial charge in [-0.3, -0.25) is 0 Å². The molecule has 1 aliphatic heterocycles. The van der Waals surface area contributed by atoms with E-state index in [1.165, 1.54) is 0 Å².